The summed E-state index contributed by atoms with van der Waals surface area (Å²) in [5.74, 6) is -0.429. The Morgan fingerprint density at radius 1 is 1.18 bits per heavy atom. The molecule has 0 radical (unpaired) electrons. The first-order valence-electron chi connectivity index (χ1n) is 12.0. The van der Waals surface area contributed by atoms with Crippen LogP contribution in [0.5, 0.6) is 0 Å². The third kappa shape index (κ3) is 8.91. The molecule has 0 heterocycles. The van der Waals surface area contributed by atoms with Gasteiger partial charge in [0.15, 0.2) is 0 Å². The maximum absolute atomic E-state index is 12.9. The Hall–Kier alpha value is -2.13. The summed E-state index contributed by atoms with van der Waals surface area (Å²) in [4.78, 5) is 11.2. The van der Waals surface area contributed by atoms with Crippen LogP contribution in [0.3, 0.4) is 0 Å². The van der Waals surface area contributed by atoms with Crippen LogP contribution in [0.25, 0.3) is 0 Å². The Morgan fingerprint density at radius 3 is 2.59 bits per heavy atom. The number of benzene rings is 1. The van der Waals surface area contributed by atoms with Crippen LogP contribution in [0.1, 0.15) is 75.3 Å². The van der Waals surface area contributed by atoms with Crippen LogP contribution in [-0.4, -0.2) is 46.4 Å². The van der Waals surface area contributed by atoms with Gasteiger partial charge in [-0.05, 0) is 56.1 Å². The zero-order valence-corrected chi connectivity index (χ0v) is 19.6. The van der Waals surface area contributed by atoms with E-state index in [2.05, 4.69) is 9.89 Å². The van der Waals surface area contributed by atoms with Gasteiger partial charge in [0.1, 0.15) is 0 Å². The number of methoxy groups -OCH3 is 1. The molecule has 0 aliphatic heterocycles. The zero-order chi connectivity index (χ0) is 25.1. The summed E-state index contributed by atoms with van der Waals surface area (Å²) in [5, 5.41) is 33.6. The van der Waals surface area contributed by atoms with Gasteiger partial charge < -0.3 is 20.2 Å². The minimum atomic E-state index is -4.39. The Bertz CT molecular complexity index is 799. The largest absolute Gasteiger partial charge is 0.469 e. The fourth-order valence-corrected chi connectivity index (χ4v) is 4.78. The Balaban J connectivity index is 1.80. The van der Waals surface area contributed by atoms with E-state index in [-0.39, 0.29) is 17.8 Å². The standard InChI is InChI=1S/C25H36F3NO5/c1-34-24(32)10-5-3-2-4-9-21-20(22(29-33)16-23(21)31)14-13-19(30)12-11-17-7-6-8-18(15-17)25(26,27)28/h6-8,15,19-21,23,30-31,33H,2-5,9-14,16H2,1H3/b29-22-/t19-,20+,21+,23-/m0/s1. The van der Waals surface area contributed by atoms with Crippen molar-refractivity contribution >= 4 is 11.7 Å². The number of rotatable bonds is 13. The lowest BCUT2D eigenvalue weighted by molar-refractivity contribution is -0.140. The number of esters is 1. The average molecular weight is 488 g/mol. The van der Waals surface area contributed by atoms with Gasteiger partial charge in [0.05, 0.1) is 30.6 Å². The summed E-state index contributed by atoms with van der Waals surface area (Å²) in [7, 11) is 1.37. The van der Waals surface area contributed by atoms with Gasteiger partial charge in [-0.15, -0.1) is 0 Å². The molecular weight excluding hydrogens is 451 g/mol. The molecule has 3 N–H and O–H groups in total. The molecule has 0 unspecified atom stereocenters. The van der Waals surface area contributed by atoms with E-state index >= 15 is 0 Å². The minimum Gasteiger partial charge on any atom is -0.469 e. The Labute approximate surface area is 198 Å². The first-order valence-corrected chi connectivity index (χ1v) is 12.0. The summed E-state index contributed by atoms with van der Waals surface area (Å²) >= 11 is 0. The first kappa shape index (κ1) is 28.1. The van der Waals surface area contributed by atoms with Crippen molar-refractivity contribution in [2.45, 2.75) is 89.0 Å². The molecule has 6 nitrogen and oxygen atoms in total. The second-order valence-electron chi connectivity index (χ2n) is 9.13. The van der Waals surface area contributed by atoms with Crippen LogP contribution in [-0.2, 0) is 22.1 Å². The lowest BCUT2D eigenvalue weighted by Crippen LogP contribution is -2.22. The first-order chi connectivity index (χ1) is 16.2. The number of aliphatic hydroxyl groups is 2. The lowest BCUT2D eigenvalue weighted by atomic mass is 9.84. The number of carbonyl (C=O) groups is 1. The second-order valence-corrected chi connectivity index (χ2v) is 9.13. The molecule has 9 heteroatoms. The third-order valence-electron chi connectivity index (χ3n) is 6.71. The predicted molar refractivity (Wildman–Crippen MR) is 122 cm³/mol. The Morgan fingerprint density at radius 2 is 1.91 bits per heavy atom. The molecule has 192 valence electrons. The normalized spacial score (nSPS) is 22.8. The number of unbranched alkanes of at least 4 members (excludes halogenated alkanes) is 3. The molecule has 1 aromatic rings. The number of oxime groups is 1. The smallest absolute Gasteiger partial charge is 0.416 e. The van der Waals surface area contributed by atoms with Gasteiger partial charge in [0.25, 0.3) is 0 Å². The lowest BCUT2D eigenvalue weighted by Gasteiger charge is -2.23. The number of ether oxygens (including phenoxy) is 1. The number of nitrogens with zero attached hydrogens (tertiary/aromatic N) is 1. The highest BCUT2D eigenvalue weighted by atomic mass is 19.4. The maximum Gasteiger partial charge on any atom is 0.416 e. The van der Waals surface area contributed by atoms with Crippen molar-refractivity contribution in [3.05, 3.63) is 35.4 Å². The predicted octanol–water partition coefficient (Wildman–Crippen LogP) is 5.12. The number of halogens is 3. The van der Waals surface area contributed by atoms with Gasteiger partial charge in [0.2, 0.25) is 0 Å². The van der Waals surface area contributed by atoms with Crippen LogP contribution in [0.15, 0.2) is 29.4 Å². The van der Waals surface area contributed by atoms with Crippen molar-refractivity contribution in [3.63, 3.8) is 0 Å². The van der Waals surface area contributed by atoms with Crippen molar-refractivity contribution < 1.29 is 38.1 Å². The van der Waals surface area contributed by atoms with E-state index in [1.165, 1.54) is 13.2 Å². The number of hydrogen-bond acceptors (Lipinski definition) is 6. The molecule has 0 saturated heterocycles. The molecule has 0 spiro atoms. The highest BCUT2D eigenvalue weighted by Crippen LogP contribution is 2.37. The van der Waals surface area contributed by atoms with E-state index in [0.29, 0.717) is 49.8 Å². The second kappa shape index (κ2) is 13.7. The quantitative estimate of drug-likeness (QED) is 0.155. The van der Waals surface area contributed by atoms with E-state index in [9.17, 15) is 33.4 Å². The van der Waals surface area contributed by atoms with E-state index < -0.39 is 23.9 Å². The molecule has 0 amide bonds. The highest BCUT2D eigenvalue weighted by molar-refractivity contribution is 5.89. The van der Waals surface area contributed by atoms with Crippen molar-refractivity contribution in [1.82, 2.24) is 0 Å². The molecule has 1 aliphatic rings. The fourth-order valence-electron chi connectivity index (χ4n) is 4.78. The molecule has 1 aromatic carbocycles. The maximum atomic E-state index is 12.9. The van der Waals surface area contributed by atoms with Crippen LogP contribution < -0.4 is 0 Å². The van der Waals surface area contributed by atoms with Crippen LogP contribution >= 0.6 is 0 Å². The van der Waals surface area contributed by atoms with Gasteiger partial charge in [-0.25, -0.2) is 0 Å². The summed E-state index contributed by atoms with van der Waals surface area (Å²) in [5.41, 5.74) is 0.359. The van der Waals surface area contributed by atoms with Gasteiger partial charge in [-0.3, -0.25) is 4.79 Å². The molecule has 0 aromatic heterocycles. The van der Waals surface area contributed by atoms with E-state index in [1.807, 2.05) is 0 Å². The SMILES string of the molecule is COC(=O)CCCCCC[C@H]1[C@@H](O)C/C(=N/O)[C@@H]1CC[C@@H](O)CCc1cccc(C(F)(F)F)c1. The van der Waals surface area contributed by atoms with Crippen molar-refractivity contribution in [2.75, 3.05) is 7.11 Å². The number of carbonyl (C=O) groups excluding carboxylic acids is 1. The van der Waals surface area contributed by atoms with Crippen molar-refractivity contribution in [2.24, 2.45) is 17.0 Å². The van der Waals surface area contributed by atoms with Gasteiger partial charge in [-0.2, -0.15) is 13.2 Å². The Kier molecular flexibility index (Phi) is 11.3. The summed E-state index contributed by atoms with van der Waals surface area (Å²) < 4.78 is 43.2. The minimum absolute atomic E-state index is 0.0674. The van der Waals surface area contributed by atoms with E-state index in [4.69, 9.17) is 0 Å². The molecule has 1 fully saturated rings. The zero-order valence-electron chi connectivity index (χ0n) is 19.6. The summed E-state index contributed by atoms with van der Waals surface area (Å²) in [6.07, 6.45) is 0.771. The van der Waals surface area contributed by atoms with E-state index in [0.717, 1.165) is 44.2 Å². The molecule has 2 rings (SSSR count). The summed E-state index contributed by atoms with van der Waals surface area (Å²) in [6.45, 7) is 0. The van der Waals surface area contributed by atoms with E-state index in [1.54, 1.807) is 6.07 Å². The molecule has 1 aliphatic carbocycles. The molecule has 0 bridgehead atoms. The number of hydrogen-bond donors (Lipinski definition) is 3. The molecular formula is C25H36F3NO5. The third-order valence-corrected chi connectivity index (χ3v) is 6.71. The van der Waals surface area contributed by atoms with Crippen LogP contribution in [0.4, 0.5) is 13.2 Å². The van der Waals surface area contributed by atoms with Gasteiger partial charge in [0, 0.05) is 18.8 Å². The highest BCUT2D eigenvalue weighted by Gasteiger charge is 2.39. The van der Waals surface area contributed by atoms with Crippen molar-refractivity contribution in [3.8, 4) is 0 Å². The average Bonchev–Trinajstić information content (AvgIpc) is 3.12. The van der Waals surface area contributed by atoms with Gasteiger partial charge >= 0.3 is 12.1 Å². The van der Waals surface area contributed by atoms with Crippen molar-refractivity contribution in [1.29, 1.82) is 0 Å². The molecule has 4 atom stereocenters. The van der Waals surface area contributed by atoms with Crippen LogP contribution in [0, 0.1) is 11.8 Å². The van der Waals surface area contributed by atoms with Gasteiger partial charge in [-0.1, -0.05) is 42.6 Å². The topological polar surface area (TPSA) is 99.4 Å². The number of alkyl halides is 3. The number of aryl methyl sites for hydroxylation is 1. The fraction of sp³-hybridized carbons (Fsp3) is 0.680. The number of aliphatic hydroxyl groups excluding tert-OH is 2. The molecule has 1 saturated carbocycles. The van der Waals surface area contributed by atoms with Crippen LogP contribution in [0.2, 0.25) is 0 Å². The molecule has 34 heavy (non-hydrogen) atoms. The monoisotopic (exact) mass is 487 g/mol. The summed E-state index contributed by atoms with van der Waals surface area (Å²) in [6, 6.07) is 5.12.